The van der Waals surface area contributed by atoms with E-state index in [1.807, 2.05) is 6.92 Å². The van der Waals surface area contributed by atoms with E-state index in [4.69, 9.17) is 5.73 Å². The largest absolute Gasteiger partial charge is 0.347 e. The molecule has 1 aliphatic rings. The zero-order chi connectivity index (χ0) is 13.0. The van der Waals surface area contributed by atoms with Crippen LogP contribution in [0.1, 0.15) is 26.2 Å². The third-order valence-electron chi connectivity index (χ3n) is 3.22. The zero-order valence-corrected chi connectivity index (χ0v) is 11.0. The van der Waals surface area contributed by atoms with Crippen LogP contribution in [0, 0.1) is 5.92 Å². The first-order valence-corrected chi connectivity index (χ1v) is 6.18. The fourth-order valence-electron chi connectivity index (χ4n) is 2.12. The molecule has 0 saturated carbocycles. The Morgan fingerprint density at radius 3 is 2.65 bits per heavy atom. The second-order valence-electron chi connectivity index (χ2n) is 5.02. The molecule has 0 radical (unpaired) electrons. The summed E-state index contributed by atoms with van der Waals surface area (Å²) in [5.41, 5.74) is 5.52. The number of likely N-dealkylation sites (tertiary alicyclic amines) is 1. The highest BCUT2D eigenvalue weighted by Gasteiger charge is 2.34. The molecule has 2 atom stereocenters. The van der Waals surface area contributed by atoms with Crippen LogP contribution in [-0.4, -0.2) is 54.8 Å². The summed E-state index contributed by atoms with van der Waals surface area (Å²) in [6.07, 6.45) is 2.13. The van der Waals surface area contributed by atoms with Gasteiger partial charge in [-0.25, -0.2) is 0 Å². The molecule has 1 fully saturated rings. The maximum Gasteiger partial charge on any atom is 0.244 e. The van der Waals surface area contributed by atoms with Gasteiger partial charge < -0.3 is 15.5 Å². The van der Waals surface area contributed by atoms with Gasteiger partial charge in [-0.2, -0.15) is 0 Å². The van der Waals surface area contributed by atoms with Gasteiger partial charge in [-0.3, -0.25) is 9.59 Å². The van der Waals surface area contributed by atoms with E-state index >= 15 is 0 Å². The molecule has 0 aliphatic carbocycles. The van der Waals surface area contributed by atoms with Gasteiger partial charge in [-0.15, -0.1) is 0 Å². The molecule has 0 aromatic rings. The molecule has 1 saturated heterocycles. The van der Waals surface area contributed by atoms with E-state index in [9.17, 15) is 9.59 Å². The molecule has 0 spiro atoms. The highest BCUT2D eigenvalue weighted by molar-refractivity contribution is 5.88. The van der Waals surface area contributed by atoms with Crippen LogP contribution in [-0.2, 0) is 9.59 Å². The monoisotopic (exact) mass is 241 g/mol. The average Bonchev–Trinajstić information content (AvgIpc) is 2.76. The van der Waals surface area contributed by atoms with E-state index in [1.54, 1.807) is 23.9 Å². The van der Waals surface area contributed by atoms with Gasteiger partial charge >= 0.3 is 0 Å². The summed E-state index contributed by atoms with van der Waals surface area (Å²) in [6.45, 7) is 3.16. The molecule has 0 bridgehead atoms. The summed E-state index contributed by atoms with van der Waals surface area (Å²) in [5, 5.41) is 0. The number of hydrogen-bond acceptors (Lipinski definition) is 3. The third-order valence-corrected chi connectivity index (χ3v) is 3.22. The predicted molar refractivity (Wildman–Crippen MR) is 66.3 cm³/mol. The minimum Gasteiger partial charge on any atom is -0.347 e. The number of amides is 2. The summed E-state index contributed by atoms with van der Waals surface area (Å²) >= 11 is 0. The molecule has 5 heteroatoms. The maximum absolute atomic E-state index is 12.1. The van der Waals surface area contributed by atoms with Crippen molar-refractivity contribution in [3.8, 4) is 0 Å². The van der Waals surface area contributed by atoms with Crippen molar-refractivity contribution in [2.75, 3.05) is 27.2 Å². The Bertz CT molecular complexity index is 291. The van der Waals surface area contributed by atoms with Crippen molar-refractivity contribution >= 4 is 11.8 Å². The third kappa shape index (κ3) is 3.43. The summed E-state index contributed by atoms with van der Waals surface area (Å²) in [7, 11) is 3.46. The summed E-state index contributed by atoms with van der Waals surface area (Å²) in [6, 6.07) is -0.262. The first-order valence-electron chi connectivity index (χ1n) is 6.18. The molecular weight excluding hydrogens is 218 g/mol. The Morgan fingerprint density at radius 1 is 1.47 bits per heavy atom. The maximum atomic E-state index is 12.1. The van der Waals surface area contributed by atoms with Crippen LogP contribution in [0.15, 0.2) is 0 Å². The Morgan fingerprint density at radius 2 is 2.12 bits per heavy atom. The van der Waals surface area contributed by atoms with Crippen LogP contribution in [0.25, 0.3) is 0 Å². The second-order valence-corrected chi connectivity index (χ2v) is 5.02. The standard InChI is InChI=1S/C12H23N3O2/c1-9(8-13)7-11(16)15-6-4-5-10(15)12(17)14(2)3/h9-10H,4-8,13H2,1-3H3. The quantitative estimate of drug-likeness (QED) is 0.756. The number of carbonyl (C=O) groups excluding carboxylic acids is 2. The van der Waals surface area contributed by atoms with Crippen LogP contribution >= 0.6 is 0 Å². The Kier molecular flexibility index (Phi) is 4.93. The van der Waals surface area contributed by atoms with Crippen LogP contribution in [0.2, 0.25) is 0 Å². The lowest BCUT2D eigenvalue weighted by atomic mass is 10.1. The number of rotatable bonds is 4. The fourth-order valence-corrected chi connectivity index (χ4v) is 2.12. The Hall–Kier alpha value is -1.10. The Labute approximate surface area is 103 Å². The zero-order valence-electron chi connectivity index (χ0n) is 11.0. The molecule has 0 aromatic carbocycles. The molecule has 1 aliphatic heterocycles. The number of nitrogens with two attached hydrogens (primary N) is 1. The number of likely N-dealkylation sites (N-methyl/N-ethyl adjacent to an activating group) is 1. The van der Waals surface area contributed by atoms with Gasteiger partial charge in [0.1, 0.15) is 6.04 Å². The fraction of sp³-hybridized carbons (Fsp3) is 0.833. The van der Waals surface area contributed by atoms with Gasteiger partial charge in [0, 0.05) is 27.1 Å². The van der Waals surface area contributed by atoms with Gasteiger partial charge in [0.15, 0.2) is 0 Å². The van der Waals surface area contributed by atoms with Crippen LogP contribution in [0.3, 0.4) is 0 Å². The molecular formula is C12H23N3O2. The van der Waals surface area contributed by atoms with Crippen molar-refractivity contribution in [1.82, 2.24) is 9.80 Å². The van der Waals surface area contributed by atoms with Gasteiger partial charge in [0.2, 0.25) is 11.8 Å². The lowest BCUT2D eigenvalue weighted by molar-refractivity contribution is -0.142. The van der Waals surface area contributed by atoms with Gasteiger partial charge in [-0.1, -0.05) is 6.92 Å². The van der Waals surface area contributed by atoms with E-state index in [2.05, 4.69) is 0 Å². The molecule has 17 heavy (non-hydrogen) atoms. The second kappa shape index (κ2) is 6.00. The molecule has 2 amide bonds. The predicted octanol–water partition coefficient (Wildman–Crippen LogP) is 0.0505. The molecule has 2 unspecified atom stereocenters. The topological polar surface area (TPSA) is 66.6 Å². The van der Waals surface area contributed by atoms with Crippen molar-refractivity contribution in [3.05, 3.63) is 0 Å². The molecule has 2 N–H and O–H groups in total. The normalized spacial score (nSPS) is 21.4. The van der Waals surface area contributed by atoms with Gasteiger partial charge in [0.05, 0.1) is 0 Å². The molecule has 98 valence electrons. The minimum atomic E-state index is -0.262. The number of hydrogen-bond donors (Lipinski definition) is 1. The smallest absolute Gasteiger partial charge is 0.244 e. The number of carbonyl (C=O) groups is 2. The van der Waals surface area contributed by atoms with Crippen molar-refractivity contribution < 1.29 is 9.59 Å². The van der Waals surface area contributed by atoms with Crippen molar-refractivity contribution in [3.63, 3.8) is 0 Å². The summed E-state index contributed by atoms with van der Waals surface area (Å²) in [5.74, 6) is 0.259. The van der Waals surface area contributed by atoms with E-state index in [-0.39, 0.29) is 23.8 Å². The summed E-state index contributed by atoms with van der Waals surface area (Å²) in [4.78, 5) is 27.2. The molecule has 1 heterocycles. The summed E-state index contributed by atoms with van der Waals surface area (Å²) < 4.78 is 0. The van der Waals surface area contributed by atoms with Crippen LogP contribution in [0.5, 0.6) is 0 Å². The SMILES string of the molecule is CC(CN)CC(=O)N1CCCC1C(=O)N(C)C. The molecule has 5 nitrogen and oxygen atoms in total. The lowest BCUT2D eigenvalue weighted by Crippen LogP contribution is -2.46. The van der Waals surface area contributed by atoms with Crippen molar-refractivity contribution in [2.24, 2.45) is 11.7 Å². The minimum absolute atomic E-state index is 0.0243. The van der Waals surface area contributed by atoms with Crippen molar-refractivity contribution in [1.29, 1.82) is 0 Å². The number of nitrogens with zero attached hydrogens (tertiary/aromatic N) is 2. The highest BCUT2D eigenvalue weighted by Crippen LogP contribution is 2.20. The van der Waals surface area contributed by atoms with Gasteiger partial charge in [0.25, 0.3) is 0 Å². The Balaban J connectivity index is 2.63. The van der Waals surface area contributed by atoms with E-state index in [0.717, 1.165) is 12.8 Å². The first kappa shape index (κ1) is 14.0. The average molecular weight is 241 g/mol. The van der Waals surface area contributed by atoms with Gasteiger partial charge in [-0.05, 0) is 25.3 Å². The molecule has 1 rings (SSSR count). The van der Waals surface area contributed by atoms with Crippen LogP contribution < -0.4 is 5.73 Å². The van der Waals surface area contributed by atoms with E-state index in [0.29, 0.717) is 19.5 Å². The van der Waals surface area contributed by atoms with Crippen molar-refractivity contribution in [2.45, 2.75) is 32.2 Å². The first-order chi connectivity index (χ1) is 7.97. The lowest BCUT2D eigenvalue weighted by Gasteiger charge is -2.27. The molecule has 0 aromatic heterocycles. The van der Waals surface area contributed by atoms with E-state index in [1.165, 1.54) is 0 Å². The van der Waals surface area contributed by atoms with E-state index < -0.39 is 0 Å². The van der Waals surface area contributed by atoms with Crippen LogP contribution in [0.4, 0.5) is 0 Å². The highest BCUT2D eigenvalue weighted by atomic mass is 16.2.